The molecule has 176 valence electrons. The Bertz CT molecular complexity index is 1080. The highest BCUT2D eigenvalue weighted by Crippen LogP contribution is 2.57. The Kier molecular flexibility index (Phi) is 6.09. The molecule has 33 heavy (non-hydrogen) atoms. The Morgan fingerprint density at radius 2 is 1.00 bits per heavy atom. The van der Waals surface area contributed by atoms with E-state index in [-0.39, 0.29) is 36.4 Å². The predicted octanol–water partition coefficient (Wildman–Crippen LogP) is 4.31. The van der Waals surface area contributed by atoms with Gasteiger partial charge < -0.3 is 10.2 Å². The van der Waals surface area contributed by atoms with Crippen LogP contribution in [-0.4, -0.2) is 44.4 Å². The van der Waals surface area contributed by atoms with Gasteiger partial charge in [0, 0.05) is 12.1 Å². The Morgan fingerprint density at radius 3 is 1.21 bits per heavy atom. The van der Waals surface area contributed by atoms with Crippen LogP contribution in [0.4, 0.5) is 37.7 Å². The molecule has 2 aromatic rings. The number of hydrogen-bond donors (Lipinski definition) is 2. The third-order valence-electron chi connectivity index (χ3n) is 4.57. The molecule has 0 fully saturated rings. The summed E-state index contributed by atoms with van der Waals surface area (Å²) in [4.78, 5) is 41.4. The van der Waals surface area contributed by atoms with Crippen molar-refractivity contribution in [3.8, 4) is 0 Å². The maximum absolute atomic E-state index is 14.1. The fourth-order valence-corrected chi connectivity index (χ4v) is 3.18. The number of benzene rings is 2. The highest BCUT2D eigenvalue weighted by Gasteiger charge is 2.73. The van der Waals surface area contributed by atoms with Crippen molar-refractivity contribution < 1.29 is 56.0 Å². The third-order valence-corrected chi connectivity index (χ3v) is 4.57. The molecule has 10 nitrogen and oxygen atoms in total. The van der Waals surface area contributed by atoms with E-state index in [4.69, 9.17) is 10.2 Å². The summed E-state index contributed by atoms with van der Waals surface area (Å²) in [5, 5.41) is 40.1. The highest BCUT2D eigenvalue weighted by atomic mass is 19.4. The zero-order valence-corrected chi connectivity index (χ0v) is 15.5. The van der Waals surface area contributed by atoms with Gasteiger partial charge in [0.2, 0.25) is 5.41 Å². The number of nitrogens with zero attached hydrogens (tertiary/aromatic N) is 2. The lowest BCUT2D eigenvalue weighted by atomic mass is 9.72. The van der Waals surface area contributed by atoms with Crippen molar-refractivity contribution in [2.75, 3.05) is 0 Å². The van der Waals surface area contributed by atoms with E-state index < -0.39 is 73.2 Å². The summed E-state index contributed by atoms with van der Waals surface area (Å²) in [6.45, 7) is 0. The van der Waals surface area contributed by atoms with E-state index in [1.165, 1.54) is 0 Å². The summed E-state index contributed by atoms with van der Waals surface area (Å²) in [6, 6.07) is -0.115. The molecule has 2 N–H and O–H groups in total. The van der Waals surface area contributed by atoms with Crippen molar-refractivity contribution in [2.45, 2.75) is 17.8 Å². The fourth-order valence-electron chi connectivity index (χ4n) is 3.18. The van der Waals surface area contributed by atoms with Crippen LogP contribution in [0.2, 0.25) is 0 Å². The van der Waals surface area contributed by atoms with Gasteiger partial charge in [-0.25, -0.2) is 9.59 Å². The second-order valence-corrected chi connectivity index (χ2v) is 6.33. The molecule has 16 heteroatoms. The second-order valence-electron chi connectivity index (χ2n) is 6.33. The molecule has 0 saturated carbocycles. The largest absolute Gasteiger partial charge is 0.477 e. The number of carbonyl (C=O) groups is 2. The average molecular weight is 482 g/mol. The van der Waals surface area contributed by atoms with Crippen molar-refractivity contribution in [2.24, 2.45) is 0 Å². The number of nitro groups is 2. The van der Waals surface area contributed by atoms with Crippen LogP contribution in [0.1, 0.15) is 31.8 Å². The van der Waals surface area contributed by atoms with Crippen LogP contribution >= 0.6 is 0 Å². The molecular formula is C17H8F6N2O8. The molecule has 0 aliphatic carbocycles. The van der Waals surface area contributed by atoms with Gasteiger partial charge in [0.1, 0.15) is 11.1 Å². The van der Waals surface area contributed by atoms with E-state index in [0.717, 1.165) is 0 Å². The first kappa shape index (κ1) is 25.0. The zero-order chi connectivity index (χ0) is 25.5. The van der Waals surface area contributed by atoms with Gasteiger partial charge in [0.15, 0.2) is 0 Å². The molecule has 0 aliphatic rings. The summed E-state index contributed by atoms with van der Waals surface area (Å²) in [5.74, 6) is -4.03. The fraction of sp³-hybridized carbons (Fsp3) is 0.176. The summed E-state index contributed by atoms with van der Waals surface area (Å²) in [5.41, 5.74) is -14.5. The van der Waals surface area contributed by atoms with Crippen LogP contribution in [-0.2, 0) is 5.41 Å². The van der Waals surface area contributed by atoms with Crippen LogP contribution in [0, 0.1) is 20.2 Å². The molecule has 2 rings (SSSR count). The minimum absolute atomic E-state index is 0.0361. The van der Waals surface area contributed by atoms with Gasteiger partial charge in [-0.1, -0.05) is 12.1 Å². The Balaban J connectivity index is 3.10. The number of rotatable bonds is 6. The minimum atomic E-state index is -6.33. The van der Waals surface area contributed by atoms with Gasteiger partial charge in [-0.15, -0.1) is 0 Å². The molecule has 0 unspecified atom stereocenters. The van der Waals surface area contributed by atoms with Crippen molar-refractivity contribution in [1.82, 2.24) is 0 Å². The van der Waals surface area contributed by atoms with Gasteiger partial charge >= 0.3 is 24.3 Å². The van der Waals surface area contributed by atoms with Gasteiger partial charge in [-0.3, -0.25) is 20.2 Å². The Morgan fingerprint density at radius 1 is 0.697 bits per heavy atom. The normalized spacial score (nSPS) is 12.3. The lowest BCUT2D eigenvalue weighted by molar-refractivity contribution is -0.385. The van der Waals surface area contributed by atoms with Crippen molar-refractivity contribution >= 4 is 23.3 Å². The quantitative estimate of drug-likeness (QED) is 0.350. The van der Waals surface area contributed by atoms with Crippen molar-refractivity contribution in [3.63, 3.8) is 0 Å². The lowest BCUT2D eigenvalue weighted by Crippen LogP contribution is -2.54. The monoisotopic (exact) mass is 482 g/mol. The van der Waals surface area contributed by atoms with E-state index in [1.54, 1.807) is 0 Å². The van der Waals surface area contributed by atoms with Crippen LogP contribution < -0.4 is 0 Å². The molecule has 0 bridgehead atoms. The van der Waals surface area contributed by atoms with Gasteiger partial charge in [-0.05, 0) is 23.3 Å². The number of alkyl halides is 6. The van der Waals surface area contributed by atoms with Crippen LogP contribution in [0.15, 0.2) is 36.4 Å². The first-order valence-electron chi connectivity index (χ1n) is 8.14. The van der Waals surface area contributed by atoms with Crippen molar-refractivity contribution in [1.29, 1.82) is 0 Å². The minimum Gasteiger partial charge on any atom is -0.477 e. The highest BCUT2D eigenvalue weighted by molar-refractivity contribution is 5.93. The Hall–Kier alpha value is -4.24. The van der Waals surface area contributed by atoms with E-state index in [9.17, 15) is 56.2 Å². The molecule has 0 aliphatic heterocycles. The molecule has 0 aromatic heterocycles. The average Bonchev–Trinajstić information content (AvgIpc) is 2.65. The van der Waals surface area contributed by atoms with Crippen LogP contribution in [0.5, 0.6) is 0 Å². The molecule has 0 saturated heterocycles. The summed E-state index contributed by atoms with van der Waals surface area (Å²) in [7, 11) is 0. The number of halogens is 6. The number of carboxylic acid groups (broad SMARTS) is 2. The van der Waals surface area contributed by atoms with Crippen LogP contribution in [0.3, 0.4) is 0 Å². The molecular weight excluding hydrogens is 474 g/mol. The van der Waals surface area contributed by atoms with E-state index in [2.05, 4.69) is 0 Å². The first-order chi connectivity index (χ1) is 15.0. The second kappa shape index (κ2) is 8.03. The van der Waals surface area contributed by atoms with Crippen LogP contribution in [0.25, 0.3) is 0 Å². The summed E-state index contributed by atoms with van der Waals surface area (Å²) >= 11 is 0. The standard InChI is InChI=1S/C17H8F6N2O8/c18-16(19,20)15(17(21,22)23,7-1-3-9(13(26)27)11(5-7)24(30)31)8-2-4-10(14(28)29)12(6-8)25(32)33/h1-6H,(H,26,27)(H,28,29). The van der Waals surface area contributed by atoms with Gasteiger partial charge in [0.05, 0.1) is 9.85 Å². The van der Waals surface area contributed by atoms with Crippen molar-refractivity contribution in [3.05, 3.63) is 78.9 Å². The number of carboxylic acids is 2. The third kappa shape index (κ3) is 4.01. The number of hydrogen-bond acceptors (Lipinski definition) is 6. The summed E-state index contributed by atoms with van der Waals surface area (Å²) < 4.78 is 84.8. The lowest BCUT2D eigenvalue weighted by Gasteiger charge is -2.38. The maximum atomic E-state index is 14.1. The van der Waals surface area contributed by atoms with E-state index in [1.807, 2.05) is 0 Å². The maximum Gasteiger partial charge on any atom is 0.411 e. The summed E-state index contributed by atoms with van der Waals surface area (Å²) in [6.07, 6.45) is -12.7. The molecule has 0 amide bonds. The first-order valence-corrected chi connectivity index (χ1v) is 8.14. The van der Waals surface area contributed by atoms with Gasteiger partial charge in [0.25, 0.3) is 11.4 Å². The number of aromatic carboxylic acids is 2. The molecule has 0 radical (unpaired) electrons. The predicted molar refractivity (Wildman–Crippen MR) is 93.0 cm³/mol. The van der Waals surface area contributed by atoms with Gasteiger partial charge in [-0.2, -0.15) is 26.3 Å². The SMILES string of the molecule is O=C(O)c1ccc(C(c2ccc(C(=O)O)c([N+](=O)[O-])c2)(C(F)(F)F)C(F)(F)F)cc1[N+](=O)[O-]. The molecule has 0 spiro atoms. The molecule has 0 atom stereocenters. The van der Waals surface area contributed by atoms with E-state index in [0.29, 0.717) is 0 Å². The molecule has 2 aromatic carbocycles. The zero-order valence-electron chi connectivity index (χ0n) is 15.5. The smallest absolute Gasteiger partial charge is 0.411 e. The number of nitro benzene ring substituents is 2. The topological polar surface area (TPSA) is 161 Å². The van der Waals surface area contributed by atoms with E-state index >= 15 is 0 Å². The Labute approximate surface area is 177 Å². The molecule has 0 heterocycles.